The van der Waals surface area contributed by atoms with E-state index in [0.29, 0.717) is 27.7 Å². The van der Waals surface area contributed by atoms with Crippen molar-refractivity contribution < 1.29 is 17.2 Å². The molecule has 0 saturated heterocycles. The van der Waals surface area contributed by atoms with Gasteiger partial charge in [0.2, 0.25) is 5.69 Å². The normalized spacial score (nSPS) is 15.1. The molecule has 0 N–H and O–H groups in total. The average molecular weight is 435 g/mol. The predicted octanol–water partition coefficient (Wildman–Crippen LogP) is 7.82. The van der Waals surface area contributed by atoms with E-state index in [4.69, 9.17) is 12.6 Å². The van der Waals surface area contributed by atoms with Crippen molar-refractivity contribution in [2.24, 2.45) is 7.05 Å². The van der Waals surface area contributed by atoms with E-state index in [1.807, 2.05) is 91.3 Å². The molecular formula is C31H26NO+. The van der Waals surface area contributed by atoms with Gasteiger partial charge in [-0.1, -0.05) is 54.6 Å². The lowest BCUT2D eigenvalue weighted by Crippen LogP contribution is -2.31. The van der Waals surface area contributed by atoms with Gasteiger partial charge < -0.3 is 4.42 Å². The number of benzene rings is 4. The number of aryl methyl sites for hydroxylation is 4. The molecule has 0 fully saturated rings. The van der Waals surface area contributed by atoms with Crippen LogP contribution in [0.4, 0.5) is 0 Å². The van der Waals surface area contributed by atoms with Crippen LogP contribution in [0.15, 0.2) is 89.5 Å². The lowest BCUT2D eigenvalue weighted by Gasteiger charge is -2.10. The molecule has 0 aliphatic rings. The smallest absolute Gasteiger partial charge is 0.213 e. The molecule has 2 nitrogen and oxygen atoms in total. The minimum Gasteiger partial charge on any atom is -0.455 e. The van der Waals surface area contributed by atoms with E-state index >= 15 is 0 Å². The molecule has 0 spiro atoms. The number of nitrogens with zero attached hydrogens (tertiary/aromatic N) is 1. The maximum absolute atomic E-state index is 8.14. The fraction of sp³-hybridized carbons (Fsp3) is 0.129. The zero-order valence-electron chi connectivity index (χ0n) is 24.4. The number of pyridine rings is 1. The summed E-state index contributed by atoms with van der Waals surface area (Å²) in [6, 6.07) is 24.6. The van der Waals surface area contributed by atoms with E-state index in [1.165, 1.54) is 0 Å². The first kappa shape index (κ1) is 14.3. The van der Waals surface area contributed by atoms with E-state index in [-0.39, 0.29) is 5.56 Å². The Kier molecular flexibility index (Phi) is 3.17. The minimum absolute atomic E-state index is 0.283. The second-order valence-electron chi connectivity index (χ2n) is 8.53. The Morgan fingerprint density at radius 2 is 1.42 bits per heavy atom. The second kappa shape index (κ2) is 7.31. The molecule has 0 aliphatic carbocycles. The summed E-state index contributed by atoms with van der Waals surface area (Å²) in [6.07, 6.45) is 1.68. The van der Waals surface area contributed by atoms with Crippen molar-refractivity contribution in [1.82, 2.24) is 0 Å². The number of hydrogen-bond acceptors (Lipinski definition) is 1. The highest BCUT2D eigenvalue weighted by Gasteiger charge is 2.21. The highest BCUT2D eigenvalue weighted by atomic mass is 16.3. The quantitative estimate of drug-likeness (QED) is 0.254. The molecule has 0 radical (unpaired) electrons. The second-order valence-corrected chi connectivity index (χ2v) is 8.53. The van der Waals surface area contributed by atoms with Crippen LogP contribution in [0.2, 0.25) is 0 Å². The van der Waals surface area contributed by atoms with Crippen LogP contribution in [0.1, 0.15) is 24.9 Å². The first-order valence-electron chi connectivity index (χ1n) is 13.9. The summed E-state index contributed by atoms with van der Waals surface area (Å²) >= 11 is 0. The van der Waals surface area contributed by atoms with Crippen LogP contribution in [-0.4, -0.2) is 0 Å². The molecule has 0 amide bonds. The van der Waals surface area contributed by atoms with Gasteiger partial charge in [-0.15, -0.1) is 0 Å². The monoisotopic (exact) mass is 434 g/mol. The Hall–Kier alpha value is -3.91. The van der Waals surface area contributed by atoms with E-state index in [2.05, 4.69) is 0 Å². The number of rotatable bonds is 2. The van der Waals surface area contributed by atoms with Gasteiger partial charge in [-0.25, -0.2) is 4.57 Å². The van der Waals surface area contributed by atoms with Crippen LogP contribution in [-0.2, 0) is 7.05 Å². The SMILES string of the molecule is [2H]C([2H])([2H])c1c[n+](C)c(-c2ccc3c(oc4c5ccccc5c(C([2H])([2H])[2H])cc34)c2C)cc1-c1ccccc1. The molecule has 2 heteroatoms. The van der Waals surface area contributed by atoms with Gasteiger partial charge in [0.1, 0.15) is 18.2 Å². The molecule has 33 heavy (non-hydrogen) atoms. The zero-order valence-corrected chi connectivity index (χ0v) is 18.4. The molecule has 2 heterocycles. The highest BCUT2D eigenvalue weighted by molar-refractivity contribution is 6.16. The highest BCUT2D eigenvalue weighted by Crippen LogP contribution is 2.39. The van der Waals surface area contributed by atoms with Crippen molar-refractivity contribution in [2.75, 3.05) is 0 Å². The van der Waals surface area contributed by atoms with Crippen molar-refractivity contribution in [1.29, 1.82) is 0 Å². The van der Waals surface area contributed by atoms with Crippen molar-refractivity contribution in [3.8, 4) is 22.4 Å². The molecule has 0 aliphatic heterocycles. The predicted molar refractivity (Wildman–Crippen MR) is 137 cm³/mol. The maximum Gasteiger partial charge on any atom is 0.213 e. The Labute approximate surface area is 202 Å². The Bertz CT molecular complexity index is 1900. The van der Waals surface area contributed by atoms with Crippen molar-refractivity contribution in [3.05, 3.63) is 102 Å². The Morgan fingerprint density at radius 1 is 0.697 bits per heavy atom. The van der Waals surface area contributed by atoms with Gasteiger partial charge in [0.05, 0.1) is 5.56 Å². The topological polar surface area (TPSA) is 17.0 Å². The van der Waals surface area contributed by atoms with Gasteiger partial charge in [-0.3, -0.25) is 0 Å². The van der Waals surface area contributed by atoms with Gasteiger partial charge in [0.25, 0.3) is 0 Å². The molecule has 0 atom stereocenters. The number of furan rings is 1. The largest absolute Gasteiger partial charge is 0.455 e. The molecule has 6 rings (SSSR count). The summed E-state index contributed by atoms with van der Waals surface area (Å²) in [7, 11) is 1.84. The average Bonchev–Trinajstić information content (AvgIpc) is 3.28. The molecule has 0 bridgehead atoms. The third-order valence-corrected chi connectivity index (χ3v) is 6.53. The first-order chi connectivity index (χ1) is 18.4. The summed E-state index contributed by atoms with van der Waals surface area (Å²) in [5.74, 6) is 0. The van der Waals surface area contributed by atoms with Gasteiger partial charge in [0.15, 0.2) is 6.20 Å². The van der Waals surface area contributed by atoms with Crippen LogP contribution in [0.3, 0.4) is 0 Å². The van der Waals surface area contributed by atoms with E-state index in [0.717, 1.165) is 38.5 Å². The van der Waals surface area contributed by atoms with Crippen LogP contribution in [0.25, 0.3) is 55.1 Å². The maximum atomic E-state index is 8.14. The van der Waals surface area contributed by atoms with E-state index in [9.17, 15) is 0 Å². The molecule has 4 aromatic carbocycles. The summed E-state index contributed by atoms with van der Waals surface area (Å²) in [4.78, 5) is 0. The molecule has 160 valence electrons. The molecule has 0 unspecified atom stereocenters. The molecule has 6 aromatic rings. The number of aromatic nitrogens is 1. The molecular weight excluding hydrogens is 402 g/mol. The number of hydrogen-bond donors (Lipinski definition) is 0. The van der Waals surface area contributed by atoms with Crippen molar-refractivity contribution in [2.45, 2.75) is 20.6 Å². The van der Waals surface area contributed by atoms with Crippen LogP contribution >= 0.6 is 0 Å². The number of fused-ring (bicyclic) bond motifs is 5. The van der Waals surface area contributed by atoms with Gasteiger partial charge in [-0.05, 0) is 60.9 Å². The standard InChI is InChI=1S/C31H26NO/c1-19-16-28-26-15-14-24(21(3)30(26)33-31(28)25-13-9-8-12-23(19)25)29-17-27(20(2)18-32(29)4)22-10-6-5-7-11-22/h5-18H,1-4H3/q+1/i1D3,2D3. The minimum atomic E-state index is -2.28. The van der Waals surface area contributed by atoms with Crippen molar-refractivity contribution in [3.63, 3.8) is 0 Å². The van der Waals surface area contributed by atoms with Crippen molar-refractivity contribution >= 4 is 32.7 Å². The Morgan fingerprint density at radius 3 is 2.21 bits per heavy atom. The van der Waals surface area contributed by atoms with Gasteiger partial charge in [-0.2, -0.15) is 0 Å². The lowest BCUT2D eigenvalue weighted by molar-refractivity contribution is -0.660. The summed E-state index contributed by atoms with van der Waals surface area (Å²) in [5, 5.41) is 3.02. The Balaban J connectivity index is 1.64. The van der Waals surface area contributed by atoms with Crippen LogP contribution in [0.5, 0.6) is 0 Å². The molecule has 0 saturated carbocycles. The fourth-order valence-electron chi connectivity index (χ4n) is 4.85. The lowest BCUT2D eigenvalue weighted by atomic mass is 9.96. The van der Waals surface area contributed by atoms with Gasteiger partial charge in [0, 0.05) is 41.6 Å². The summed E-state index contributed by atoms with van der Waals surface area (Å²) in [5.41, 5.74) is 6.03. The van der Waals surface area contributed by atoms with Crippen LogP contribution in [0, 0.1) is 20.6 Å². The van der Waals surface area contributed by atoms with E-state index in [1.54, 1.807) is 12.3 Å². The zero-order chi connectivity index (χ0) is 27.7. The third-order valence-electron chi connectivity index (χ3n) is 6.53. The van der Waals surface area contributed by atoms with Gasteiger partial charge >= 0.3 is 0 Å². The third kappa shape index (κ3) is 2.98. The summed E-state index contributed by atoms with van der Waals surface area (Å²) < 4.78 is 57.1. The fourth-order valence-corrected chi connectivity index (χ4v) is 4.85. The van der Waals surface area contributed by atoms with E-state index < -0.39 is 13.7 Å². The first-order valence-corrected chi connectivity index (χ1v) is 10.9. The van der Waals surface area contributed by atoms with Crippen LogP contribution < -0.4 is 4.57 Å². The molecule has 2 aromatic heterocycles. The summed E-state index contributed by atoms with van der Waals surface area (Å²) in [6.45, 7) is -2.56.